The summed E-state index contributed by atoms with van der Waals surface area (Å²) in [6.07, 6.45) is 7.37. The Balaban J connectivity index is 1.99. The summed E-state index contributed by atoms with van der Waals surface area (Å²) in [6.45, 7) is 6.08. The van der Waals surface area contributed by atoms with Gasteiger partial charge in [-0.25, -0.2) is 4.68 Å². The molecule has 32 heavy (non-hydrogen) atoms. The number of aromatic nitrogens is 2. The quantitative estimate of drug-likeness (QED) is 0.145. The number of thioether (sulfide) groups is 1. The van der Waals surface area contributed by atoms with E-state index in [9.17, 15) is 10.1 Å². The highest BCUT2D eigenvalue weighted by molar-refractivity contribution is 7.99. The van der Waals surface area contributed by atoms with Gasteiger partial charge in [-0.05, 0) is 42.5 Å². The van der Waals surface area contributed by atoms with E-state index in [1.165, 1.54) is 17.7 Å². The molecule has 1 N–H and O–H groups in total. The molecule has 0 bridgehead atoms. The van der Waals surface area contributed by atoms with E-state index in [0.29, 0.717) is 17.8 Å². The minimum atomic E-state index is -0.437. The van der Waals surface area contributed by atoms with Crippen LogP contribution in [0.3, 0.4) is 0 Å². The summed E-state index contributed by atoms with van der Waals surface area (Å²) in [7, 11) is 0. The number of para-hydroxylation sites is 1. The van der Waals surface area contributed by atoms with Gasteiger partial charge in [0.1, 0.15) is 11.6 Å². The Hall–Kier alpha value is -3.56. The molecule has 0 radical (unpaired) electrons. The van der Waals surface area contributed by atoms with Crippen molar-refractivity contribution in [3.8, 4) is 23.0 Å². The second-order valence-electron chi connectivity index (χ2n) is 7.11. The van der Waals surface area contributed by atoms with Crippen LogP contribution in [0.1, 0.15) is 25.3 Å². The van der Waals surface area contributed by atoms with E-state index in [-0.39, 0.29) is 5.57 Å². The first-order valence-corrected chi connectivity index (χ1v) is 11.5. The summed E-state index contributed by atoms with van der Waals surface area (Å²) in [5, 5.41) is 17.0. The fraction of sp³-hybridized carbons (Fsp3) is 0.192. The Labute approximate surface area is 193 Å². The maximum absolute atomic E-state index is 12.4. The summed E-state index contributed by atoms with van der Waals surface area (Å²) >= 11 is 1.84. The smallest absolute Gasteiger partial charge is 0.262 e. The standard InChI is InChI=1S/C26H26N4OS/c1-3-5-16-32-24-13-11-20(12-14-24)25-22(17-21(18-27)26(31)28-15-4-2)19-30(29-25)23-9-7-6-8-10-23/h4,6-14,17,19H,2-3,5,15-16H2,1H3,(H,28,31)/b21-17-. The van der Waals surface area contributed by atoms with Crippen LogP contribution in [0.25, 0.3) is 23.0 Å². The molecule has 0 atom stereocenters. The minimum Gasteiger partial charge on any atom is -0.348 e. The number of rotatable bonds is 10. The van der Waals surface area contributed by atoms with Crippen molar-refractivity contribution in [3.63, 3.8) is 0 Å². The van der Waals surface area contributed by atoms with Crippen molar-refractivity contribution in [1.82, 2.24) is 15.1 Å². The molecule has 0 aliphatic rings. The van der Waals surface area contributed by atoms with Crippen LogP contribution in [-0.2, 0) is 4.79 Å². The summed E-state index contributed by atoms with van der Waals surface area (Å²) in [5.41, 5.74) is 3.26. The van der Waals surface area contributed by atoms with Crippen LogP contribution >= 0.6 is 11.8 Å². The molecule has 3 rings (SSSR count). The number of nitrogens with zero attached hydrogens (tertiary/aromatic N) is 3. The van der Waals surface area contributed by atoms with Gasteiger partial charge in [-0.3, -0.25) is 4.79 Å². The van der Waals surface area contributed by atoms with Crippen LogP contribution in [-0.4, -0.2) is 28.0 Å². The topological polar surface area (TPSA) is 70.7 Å². The number of amides is 1. The maximum atomic E-state index is 12.4. The van der Waals surface area contributed by atoms with Crippen LogP contribution in [0.15, 0.2) is 83.9 Å². The molecule has 162 valence electrons. The number of carbonyl (C=O) groups is 1. The lowest BCUT2D eigenvalue weighted by molar-refractivity contribution is -0.116. The van der Waals surface area contributed by atoms with Gasteiger partial charge in [-0.2, -0.15) is 10.4 Å². The van der Waals surface area contributed by atoms with E-state index < -0.39 is 5.91 Å². The second-order valence-corrected chi connectivity index (χ2v) is 8.28. The third-order valence-electron chi connectivity index (χ3n) is 4.73. The molecule has 1 heterocycles. The van der Waals surface area contributed by atoms with Gasteiger partial charge in [-0.15, -0.1) is 18.3 Å². The van der Waals surface area contributed by atoms with Crippen molar-refractivity contribution in [1.29, 1.82) is 5.26 Å². The number of nitriles is 1. The zero-order valence-electron chi connectivity index (χ0n) is 18.1. The Morgan fingerprint density at radius 1 is 1.22 bits per heavy atom. The molecular weight excluding hydrogens is 416 g/mol. The molecule has 3 aromatic rings. The molecule has 0 saturated carbocycles. The molecular formula is C26H26N4OS. The summed E-state index contributed by atoms with van der Waals surface area (Å²) in [6, 6.07) is 20.0. The van der Waals surface area contributed by atoms with Gasteiger partial charge in [0.25, 0.3) is 5.91 Å². The van der Waals surface area contributed by atoms with Gasteiger partial charge >= 0.3 is 0 Å². The largest absolute Gasteiger partial charge is 0.348 e. The van der Waals surface area contributed by atoms with Crippen molar-refractivity contribution < 1.29 is 4.79 Å². The van der Waals surface area contributed by atoms with Crippen LogP contribution < -0.4 is 5.32 Å². The fourth-order valence-corrected chi connectivity index (χ4v) is 4.04. The van der Waals surface area contributed by atoms with E-state index in [4.69, 9.17) is 5.10 Å². The SMILES string of the molecule is C=CCNC(=O)/C(C#N)=C\c1cn(-c2ccccc2)nc1-c1ccc(SCCCC)cc1. The van der Waals surface area contributed by atoms with Crippen molar-refractivity contribution in [2.75, 3.05) is 12.3 Å². The van der Waals surface area contributed by atoms with E-state index >= 15 is 0 Å². The lowest BCUT2D eigenvalue weighted by atomic mass is 10.1. The molecule has 0 spiro atoms. The first-order chi connectivity index (χ1) is 15.7. The minimum absolute atomic E-state index is 0.0208. The highest BCUT2D eigenvalue weighted by Crippen LogP contribution is 2.28. The van der Waals surface area contributed by atoms with Crippen LogP contribution in [0.4, 0.5) is 0 Å². The van der Waals surface area contributed by atoms with Gasteiger partial charge in [0.05, 0.1) is 11.4 Å². The molecule has 0 aliphatic carbocycles. The molecule has 2 aromatic carbocycles. The summed E-state index contributed by atoms with van der Waals surface area (Å²) in [5.74, 6) is 0.658. The fourth-order valence-electron chi connectivity index (χ4n) is 3.04. The van der Waals surface area contributed by atoms with E-state index in [1.54, 1.807) is 16.8 Å². The van der Waals surface area contributed by atoms with E-state index in [1.807, 2.05) is 66.5 Å². The van der Waals surface area contributed by atoms with Crippen LogP contribution in [0.5, 0.6) is 0 Å². The average Bonchev–Trinajstić information content (AvgIpc) is 3.26. The van der Waals surface area contributed by atoms with E-state index in [2.05, 4.69) is 31.0 Å². The zero-order chi connectivity index (χ0) is 22.8. The number of hydrogen-bond acceptors (Lipinski definition) is 4. The van der Waals surface area contributed by atoms with Gasteiger partial charge in [-0.1, -0.05) is 49.8 Å². The van der Waals surface area contributed by atoms with Crippen molar-refractivity contribution in [2.24, 2.45) is 0 Å². The molecule has 5 nitrogen and oxygen atoms in total. The predicted molar refractivity (Wildman–Crippen MR) is 131 cm³/mol. The Morgan fingerprint density at radius 2 is 1.97 bits per heavy atom. The Bertz CT molecular complexity index is 1120. The number of hydrogen-bond donors (Lipinski definition) is 1. The molecule has 0 fully saturated rings. The summed E-state index contributed by atoms with van der Waals surface area (Å²) in [4.78, 5) is 13.6. The van der Waals surface area contributed by atoms with E-state index in [0.717, 1.165) is 17.0 Å². The van der Waals surface area contributed by atoms with Gasteiger partial charge in [0.2, 0.25) is 0 Å². The zero-order valence-corrected chi connectivity index (χ0v) is 18.9. The lowest BCUT2D eigenvalue weighted by Gasteiger charge is -2.04. The third-order valence-corrected chi connectivity index (χ3v) is 5.83. The third kappa shape index (κ3) is 5.99. The van der Waals surface area contributed by atoms with Gasteiger partial charge in [0, 0.05) is 28.8 Å². The Morgan fingerprint density at radius 3 is 2.62 bits per heavy atom. The number of benzene rings is 2. The van der Waals surface area contributed by atoms with Crippen LogP contribution in [0, 0.1) is 11.3 Å². The normalized spacial score (nSPS) is 11.1. The van der Waals surface area contributed by atoms with Gasteiger partial charge in [0.15, 0.2) is 0 Å². The second kappa shape index (κ2) is 11.7. The lowest BCUT2D eigenvalue weighted by Crippen LogP contribution is -2.24. The average molecular weight is 443 g/mol. The molecule has 1 amide bonds. The molecule has 1 aromatic heterocycles. The van der Waals surface area contributed by atoms with Crippen LogP contribution in [0.2, 0.25) is 0 Å². The molecule has 0 aliphatic heterocycles. The number of unbranched alkanes of at least 4 members (excludes halogenated alkanes) is 1. The number of nitrogens with one attached hydrogen (secondary N) is 1. The molecule has 0 saturated heterocycles. The number of carbonyl (C=O) groups excluding carboxylic acids is 1. The van der Waals surface area contributed by atoms with Crippen molar-refractivity contribution in [3.05, 3.63) is 84.6 Å². The van der Waals surface area contributed by atoms with Crippen molar-refractivity contribution >= 4 is 23.7 Å². The highest BCUT2D eigenvalue weighted by Gasteiger charge is 2.15. The van der Waals surface area contributed by atoms with Crippen molar-refractivity contribution in [2.45, 2.75) is 24.7 Å². The predicted octanol–water partition coefficient (Wildman–Crippen LogP) is 5.64. The Kier molecular flexibility index (Phi) is 8.47. The molecule has 6 heteroatoms. The first kappa shape index (κ1) is 23.1. The van der Waals surface area contributed by atoms with Gasteiger partial charge < -0.3 is 5.32 Å². The highest BCUT2D eigenvalue weighted by atomic mass is 32.2. The maximum Gasteiger partial charge on any atom is 0.262 e. The summed E-state index contributed by atoms with van der Waals surface area (Å²) < 4.78 is 1.77. The first-order valence-electron chi connectivity index (χ1n) is 10.6. The monoisotopic (exact) mass is 442 g/mol. The molecule has 0 unspecified atom stereocenters.